The molecule has 0 aliphatic heterocycles. The van der Waals surface area contributed by atoms with Crippen molar-refractivity contribution in [3.8, 4) is 0 Å². The van der Waals surface area contributed by atoms with Crippen LogP contribution in [0, 0.1) is 0 Å². The van der Waals surface area contributed by atoms with Gasteiger partial charge >= 0.3 is 0 Å². The largest absolute Gasteiger partial charge is 0.322 e. The minimum absolute atomic E-state index is 0.223. The van der Waals surface area contributed by atoms with Crippen molar-refractivity contribution in [2.75, 3.05) is 5.32 Å². The molecule has 0 heterocycles. The van der Waals surface area contributed by atoms with E-state index in [9.17, 15) is 14.4 Å². The second-order valence-corrected chi connectivity index (χ2v) is 5.15. The van der Waals surface area contributed by atoms with Crippen molar-refractivity contribution in [2.24, 2.45) is 0 Å². The third kappa shape index (κ3) is 4.95. The molecule has 0 aliphatic carbocycles. The molecule has 6 heteroatoms. The molecule has 0 saturated carbocycles. The van der Waals surface area contributed by atoms with Crippen LogP contribution >= 0.6 is 0 Å². The number of benzene rings is 2. The fraction of sp³-hybridized carbons (Fsp3) is 0.167. The van der Waals surface area contributed by atoms with Crippen LogP contribution in [0.15, 0.2) is 54.6 Å². The molecule has 0 radical (unpaired) electrons. The van der Waals surface area contributed by atoms with E-state index in [-0.39, 0.29) is 11.8 Å². The van der Waals surface area contributed by atoms with Gasteiger partial charge in [0.15, 0.2) is 0 Å². The maximum absolute atomic E-state index is 12.0. The first kappa shape index (κ1) is 17.2. The molecule has 3 N–H and O–H groups in total. The quantitative estimate of drug-likeness (QED) is 0.738. The Morgan fingerprint density at radius 1 is 0.792 bits per heavy atom. The summed E-state index contributed by atoms with van der Waals surface area (Å²) in [5.41, 5.74) is 6.20. The molecule has 6 nitrogen and oxygen atoms in total. The molecule has 2 rings (SSSR count). The third-order valence-corrected chi connectivity index (χ3v) is 3.23. The van der Waals surface area contributed by atoms with Crippen LogP contribution in [-0.4, -0.2) is 17.7 Å². The first-order valence-corrected chi connectivity index (χ1v) is 7.66. The zero-order valence-corrected chi connectivity index (χ0v) is 13.3. The van der Waals surface area contributed by atoms with Crippen molar-refractivity contribution < 1.29 is 14.4 Å². The van der Waals surface area contributed by atoms with Crippen LogP contribution < -0.4 is 16.2 Å². The molecule has 0 atom stereocenters. The molecule has 0 spiro atoms. The number of carbonyl (C=O) groups is 3. The van der Waals surface area contributed by atoms with Gasteiger partial charge in [-0.3, -0.25) is 25.2 Å². The van der Waals surface area contributed by atoms with Gasteiger partial charge in [0.25, 0.3) is 11.8 Å². The summed E-state index contributed by atoms with van der Waals surface area (Å²) in [4.78, 5) is 35.2. The first-order chi connectivity index (χ1) is 11.6. The Balaban J connectivity index is 1.91. The van der Waals surface area contributed by atoms with Crippen LogP contribution in [0.1, 0.15) is 40.5 Å². The highest BCUT2D eigenvalue weighted by Gasteiger charge is 2.08. The lowest BCUT2D eigenvalue weighted by molar-refractivity contribution is -0.121. The fourth-order valence-corrected chi connectivity index (χ4v) is 1.99. The number of amides is 3. The van der Waals surface area contributed by atoms with E-state index in [1.54, 1.807) is 48.5 Å². The number of anilines is 1. The SMILES string of the molecule is CCCC(=O)NNC(=O)c1ccc(NC(=O)c2ccccc2)cc1. The second kappa shape index (κ2) is 8.47. The van der Waals surface area contributed by atoms with Crippen LogP contribution in [0.5, 0.6) is 0 Å². The van der Waals surface area contributed by atoms with E-state index in [1.165, 1.54) is 0 Å². The number of nitrogens with one attached hydrogen (secondary N) is 3. The molecular formula is C18H19N3O3. The highest BCUT2D eigenvalue weighted by Crippen LogP contribution is 2.11. The predicted octanol–water partition coefficient (Wildman–Crippen LogP) is 2.50. The molecule has 0 unspecified atom stereocenters. The highest BCUT2D eigenvalue weighted by atomic mass is 16.2. The van der Waals surface area contributed by atoms with Crippen LogP contribution in [0.2, 0.25) is 0 Å². The van der Waals surface area contributed by atoms with Crippen molar-refractivity contribution in [2.45, 2.75) is 19.8 Å². The number of hydrogen-bond donors (Lipinski definition) is 3. The Kier molecular flexibility index (Phi) is 6.08. The Morgan fingerprint density at radius 2 is 1.42 bits per heavy atom. The van der Waals surface area contributed by atoms with E-state index >= 15 is 0 Å². The van der Waals surface area contributed by atoms with E-state index < -0.39 is 5.91 Å². The third-order valence-electron chi connectivity index (χ3n) is 3.23. The van der Waals surface area contributed by atoms with Gasteiger partial charge in [-0.1, -0.05) is 25.1 Å². The monoisotopic (exact) mass is 325 g/mol. The molecule has 0 fully saturated rings. The van der Waals surface area contributed by atoms with Gasteiger partial charge in [-0.2, -0.15) is 0 Å². The average Bonchev–Trinajstić information content (AvgIpc) is 2.61. The van der Waals surface area contributed by atoms with Gasteiger partial charge in [0, 0.05) is 23.2 Å². The lowest BCUT2D eigenvalue weighted by atomic mass is 10.1. The van der Waals surface area contributed by atoms with Crippen LogP contribution in [0.4, 0.5) is 5.69 Å². The van der Waals surface area contributed by atoms with Crippen molar-refractivity contribution >= 4 is 23.4 Å². The van der Waals surface area contributed by atoms with Crippen molar-refractivity contribution in [3.63, 3.8) is 0 Å². The van der Waals surface area contributed by atoms with Gasteiger partial charge in [0.05, 0.1) is 0 Å². The van der Waals surface area contributed by atoms with Gasteiger partial charge in [-0.15, -0.1) is 0 Å². The van der Waals surface area contributed by atoms with Gasteiger partial charge in [-0.25, -0.2) is 0 Å². The Bertz CT molecular complexity index is 712. The standard InChI is InChI=1S/C18H19N3O3/c1-2-6-16(22)20-21-18(24)14-9-11-15(12-10-14)19-17(23)13-7-4-3-5-8-13/h3-5,7-12H,2,6H2,1H3,(H,19,23)(H,20,22)(H,21,24). The molecule has 2 aromatic carbocycles. The molecule has 0 saturated heterocycles. The van der Waals surface area contributed by atoms with Gasteiger partial charge in [-0.05, 0) is 42.8 Å². The maximum Gasteiger partial charge on any atom is 0.269 e. The van der Waals surface area contributed by atoms with Crippen molar-refractivity contribution in [1.82, 2.24) is 10.9 Å². The fourth-order valence-electron chi connectivity index (χ4n) is 1.99. The summed E-state index contributed by atoms with van der Waals surface area (Å²) >= 11 is 0. The summed E-state index contributed by atoms with van der Waals surface area (Å²) in [5, 5.41) is 2.75. The Labute approximate surface area is 140 Å². The summed E-state index contributed by atoms with van der Waals surface area (Å²) in [7, 11) is 0. The molecule has 3 amide bonds. The molecular weight excluding hydrogens is 306 g/mol. The number of rotatable bonds is 5. The van der Waals surface area contributed by atoms with E-state index in [1.807, 2.05) is 13.0 Å². The van der Waals surface area contributed by atoms with Crippen LogP contribution in [0.25, 0.3) is 0 Å². The Hall–Kier alpha value is -3.15. The molecule has 124 valence electrons. The van der Waals surface area contributed by atoms with Gasteiger partial charge < -0.3 is 5.32 Å². The zero-order chi connectivity index (χ0) is 17.4. The number of carbonyl (C=O) groups excluding carboxylic acids is 3. The first-order valence-electron chi connectivity index (χ1n) is 7.66. The lowest BCUT2D eigenvalue weighted by Gasteiger charge is -2.08. The molecule has 0 aromatic heterocycles. The van der Waals surface area contributed by atoms with E-state index in [2.05, 4.69) is 16.2 Å². The number of hydrogen-bond acceptors (Lipinski definition) is 3. The highest BCUT2D eigenvalue weighted by molar-refractivity contribution is 6.04. The minimum atomic E-state index is -0.416. The Morgan fingerprint density at radius 3 is 2.04 bits per heavy atom. The smallest absolute Gasteiger partial charge is 0.269 e. The minimum Gasteiger partial charge on any atom is -0.322 e. The van der Waals surface area contributed by atoms with Crippen LogP contribution in [-0.2, 0) is 4.79 Å². The average molecular weight is 325 g/mol. The number of hydrazine groups is 1. The second-order valence-electron chi connectivity index (χ2n) is 5.15. The van der Waals surface area contributed by atoms with E-state index in [4.69, 9.17) is 0 Å². The molecule has 24 heavy (non-hydrogen) atoms. The molecule has 0 bridgehead atoms. The normalized spacial score (nSPS) is 9.88. The van der Waals surface area contributed by atoms with Crippen molar-refractivity contribution in [3.05, 3.63) is 65.7 Å². The summed E-state index contributed by atoms with van der Waals surface area (Å²) in [6.07, 6.45) is 1.06. The summed E-state index contributed by atoms with van der Waals surface area (Å²) in [5.74, 6) is -0.877. The summed E-state index contributed by atoms with van der Waals surface area (Å²) in [6.45, 7) is 1.88. The van der Waals surface area contributed by atoms with Gasteiger partial charge in [0.2, 0.25) is 5.91 Å². The van der Waals surface area contributed by atoms with E-state index in [0.717, 1.165) is 0 Å². The zero-order valence-electron chi connectivity index (χ0n) is 13.3. The van der Waals surface area contributed by atoms with Crippen molar-refractivity contribution in [1.29, 1.82) is 0 Å². The topological polar surface area (TPSA) is 87.3 Å². The maximum atomic E-state index is 12.0. The van der Waals surface area contributed by atoms with Gasteiger partial charge in [0.1, 0.15) is 0 Å². The van der Waals surface area contributed by atoms with Crippen LogP contribution in [0.3, 0.4) is 0 Å². The summed E-state index contributed by atoms with van der Waals surface area (Å²) in [6, 6.07) is 15.2. The molecule has 2 aromatic rings. The lowest BCUT2D eigenvalue weighted by Crippen LogP contribution is -2.41. The summed E-state index contributed by atoms with van der Waals surface area (Å²) < 4.78 is 0. The molecule has 0 aliphatic rings. The predicted molar refractivity (Wildman–Crippen MR) is 91.4 cm³/mol. The van der Waals surface area contributed by atoms with E-state index in [0.29, 0.717) is 29.7 Å².